The Bertz CT molecular complexity index is 1300. The third kappa shape index (κ3) is 4.76. The molecule has 35 heavy (non-hydrogen) atoms. The smallest absolute Gasteiger partial charge is 0.171 e. The Hall–Kier alpha value is -4.12. The highest BCUT2D eigenvalue weighted by Gasteiger charge is 2.24. The van der Waals surface area contributed by atoms with Gasteiger partial charge in [0.05, 0.1) is 17.1 Å². The van der Waals surface area contributed by atoms with Crippen LogP contribution in [-0.2, 0) is 0 Å². The molecule has 4 aromatic rings. The minimum atomic E-state index is 0.0730. The average Bonchev–Trinajstić information content (AvgIpc) is 2.74. The van der Waals surface area contributed by atoms with Crippen LogP contribution in [0.15, 0.2) is 60.7 Å². The van der Waals surface area contributed by atoms with Crippen molar-refractivity contribution in [1.82, 2.24) is 0 Å². The zero-order valence-corrected chi connectivity index (χ0v) is 21.0. The van der Waals surface area contributed by atoms with Gasteiger partial charge in [0.1, 0.15) is 17.2 Å². The number of anilines is 3. The highest BCUT2D eigenvalue weighted by atomic mass is 16.5. The topological polar surface area (TPSA) is 73.2 Å². The number of phenols is 3. The fourth-order valence-electron chi connectivity index (χ4n) is 4.70. The van der Waals surface area contributed by atoms with E-state index in [0.29, 0.717) is 28.6 Å². The number of rotatable bonds is 5. The van der Waals surface area contributed by atoms with Crippen LogP contribution in [0.5, 0.6) is 28.7 Å². The van der Waals surface area contributed by atoms with Gasteiger partial charge in [0.25, 0.3) is 0 Å². The molecule has 4 rings (SSSR count). The first-order chi connectivity index (χ1) is 16.5. The summed E-state index contributed by atoms with van der Waals surface area (Å²) in [6.45, 7) is 11.5. The summed E-state index contributed by atoms with van der Waals surface area (Å²) in [5.41, 5.74) is 7.21. The van der Waals surface area contributed by atoms with Gasteiger partial charge in [-0.2, -0.15) is 0 Å². The summed E-state index contributed by atoms with van der Waals surface area (Å²) >= 11 is 0. The zero-order valence-electron chi connectivity index (χ0n) is 21.0. The van der Waals surface area contributed by atoms with Crippen molar-refractivity contribution in [1.29, 1.82) is 0 Å². The molecule has 0 aromatic heterocycles. The van der Waals surface area contributed by atoms with Gasteiger partial charge in [-0.3, -0.25) is 0 Å². The molecule has 180 valence electrons. The maximum absolute atomic E-state index is 11.0. The SMILES string of the molecule is Cc1cc(C)c(Oc2cccc(N(c3c(C)cc(C)cc3O)c3c(C)cc(C)cc3O)c2)c(O)c1. The predicted octanol–water partition coefficient (Wildman–Crippen LogP) is 7.92. The van der Waals surface area contributed by atoms with E-state index in [0.717, 1.165) is 33.4 Å². The molecular weight excluding hydrogens is 438 g/mol. The number of ether oxygens (including phenoxy) is 1. The molecule has 0 heterocycles. The van der Waals surface area contributed by atoms with Crippen molar-refractivity contribution in [3.8, 4) is 28.7 Å². The van der Waals surface area contributed by atoms with Gasteiger partial charge in [-0.25, -0.2) is 0 Å². The van der Waals surface area contributed by atoms with E-state index in [1.54, 1.807) is 18.2 Å². The molecule has 0 aliphatic carbocycles. The van der Waals surface area contributed by atoms with Crippen LogP contribution >= 0.6 is 0 Å². The van der Waals surface area contributed by atoms with Crippen LogP contribution < -0.4 is 9.64 Å². The first kappa shape index (κ1) is 24.0. The molecule has 4 aromatic carbocycles. The fourth-order valence-corrected chi connectivity index (χ4v) is 4.70. The van der Waals surface area contributed by atoms with Gasteiger partial charge >= 0.3 is 0 Å². The van der Waals surface area contributed by atoms with E-state index in [-0.39, 0.29) is 17.2 Å². The lowest BCUT2D eigenvalue weighted by Crippen LogP contribution is -2.13. The van der Waals surface area contributed by atoms with Gasteiger partial charge in [-0.15, -0.1) is 0 Å². The quantitative estimate of drug-likeness (QED) is 0.277. The molecular formula is C30H31NO4. The Kier molecular flexibility index (Phi) is 6.35. The van der Waals surface area contributed by atoms with Gasteiger partial charge in [-0.05, 0) is 105 Å². The van der Waals surface area contributed by atoms with Crippen LogP contribution in [0.1, 0.15) is 33.4 Å². The summed E-state index contributed by atoms with van der Waals surface area (Å²) in [6.07, 6.45) is 0. The molecule has 0 atom stereocenters. The summed E-state index contributed by atoms with van der Waals surface area (Å²) in [7, 11) is 0. The van der Waals surface area contributed by atoms with Crippen LogP contribution in [0, 0.1) is 41.5 Å². The summed E-state index contributed by atoms with van der Waals surface area (Å²) in [4.78, 5) is 1.85. The van der Waals surface area contributed by atoms with Crippen molar-refractivity contribution in [2.45, 2.75) is 41.5 Å². The van der Waals surface area contributed by atoms with E-state index in [9.17, 15) is 15.3 Å². The third-order valence-electron chi connectivity index (χ3n) is 5.99. The monoisotopic (exact) mass is 469 g/mol. The molecule has 0 saturated heterocycles. The lowest BCUT2D eigenvalue weighted by atomic mass is 10.0. The van der Waals surface area contributed by atoms with Crippen molar-refractivity contribution in [2.75, 3.05) is 4.90 Å². The van der Waals surface area contributed by atoms with Crippen molar-refractivity contribution >= 4 is 17.1 Å². The van der Waals surface area contributed by atoms with Gasteiger partial charge < -0.3 is 25.0 Å². The molecule has 0 saturated carbocycles. The Morgan fingerprint density at radius 3 is 1.54 bits per heavy atom. The Morgan fingerprint density at radius 1 is 0.571 bits per heavy atom. The van der Waals surface area contributed by atoms with Crippen LogP contribution in [-0.4, -0.2) is 15.3 Å². The number of hydrogen-bond acceptors (Lipinski definition) is 5. The lowest BCUT2D eigenvalue weighted by molar-refractivity contribution is 0.408. The fraction of sp³-hybridized carbons (Fsp3) is 0.200. The first-order valence-corrected chi connectivity index (χ1v) is 11.5. The minimum absolute atomic E-state index is 0.0730. The second kappa shape index (κ2) is 9.26. The van der Waals surface area contributed by atoms with E-state index in [1.165, 1.54) is 0 Å². The molecule has 0 fully saturated rings. The summed E-state index contributed by atoms with van der Waals surface area (Å²) in [6, 6.07) is 18.4. The van der Waals surface area contributed by atoms with Crippen molar-refractivity contribution < 1.29 is 20.1 Å². The van der Waals surface area contributed by atoms with Crippen molar-refractivity contribution in [2.24, 2.45) is 0 Å². The van der Waals surface area contributed by atoms with E-state index >= 15 is 0 Å². The van der Waals surface area contributed by atoms with Crippen molar-refractivity contribution in [3.05, 3.63) is 94.0 Å². The van der Waals surface area contributed by atoms with Crippen LogP contribution in [0.4, 0.5) is 17.1 Å². The van der Waals surface area contributed by atoms with E-state index in [2.05, 4.69) is 0 Å². The van der Waals surface area contributed by atoms with Gasteiger partial charge in [-0.1, -0.05) is 24.3 Å². The lowest BCUT2D eigenvalue weighted by Gasteiger charge is -2.30. The van der Waals surface area contributed by atoms with Crippen LogP contribution in [0.3, 0.4) is 0 Å². The number of hydrogen-bond donors (Lipinski definition) is 3. The average molecular weight is 470 g/mol. The summed E-state index contributed by atoms with van der Waals surface area (Å²) < 4.78 is 6.12. The number of phenolic OH excluding ortho intramolecular Hbond substituents is 3. The van der Waals surface area contributed by atoms with Gasteiger partial charge in [0.2, 0.25) is 0 Å². The summed E-state index contributed by atoms with van der Waals surface area (Å²) in [5, 5.41) is 32.5. The normalized spacial score (nSPS) is 10.9. The molecule has 0 spiro atoms. The highest BCUT2D eigenvalue weighted by molar-refractivity contribution is 5.87. The predicted molar refractivity (Wildman–Crippen MR) is 141 cm³/mol. The number of aromatic hydroxyl groups is 3. The maximum Gasteiger partial charge on any atom is 0.171 e. The van der Waals surface area contributed by atoms with Crippen LogP contribution in [0.25, 0.3) is 0 Å². The third-order valence-corrected chi connectivity index (χ3v) is 5.99. The molecule has 5 nitrogen and oxygen atoms in total. The number of nitrogens with zero attached hydrogens (tertiary/aromatic N) is 1. The molecule has 3 N–H and O–H groups in total. The standard InChI is InChI=1S/C30H31NO4/c1-17-10-20(4)28(25(32)13-17)31(29-21(5)11-18(2)14-26(29)33)23-8-7-9-24(16-23)35-30-22(6)12-19(3)15-27(30)34/h7-16,32-34H,1-6H3. The zero-order chi connectivity index (χ0) is 25.4. The molecule has 0 aliphatic rings. The van der Waals surface area contributed by atoms with Gasteiger partial charge in [0, 0.05) is 6.07 Å². The molecule has 5 heteroatoms. The molecule has 0 unspecified atom stereocenters. The first-order valence-electron chi connectivity index (χ1n) is 11.5. The highest BCUT2D eigenvalue weighted by Crippen LogP contribution is 2.48. The Balaban J connectivity index is 1.91. The van der Waals surface area contributed by atoms with E-state index in [4.69, 9.17) is 4.74 Å². The summed E-state index contributed by atoms with van der Waals surface area (Å²) in [5.74, 6) is 1.20. The molecule has 0 aliphatic heterocycles. The largest absolute Gasteiger partial charge is 0.506 e. The van der Waals surface area contributed by atoms with E-state index < -0.39 is 0 Å². The minimum Gasteiger partial charge on any atom is -0.506 e. The molecule has 0 radical (unpaired) electrons. The number of benzene rings is 4. The van der Waals surface area contributed by atoms with Gasteiger partial charge in [0.15, 0.2) is 11.5 Å². The second-order valence-corrected chi connectivity index (χ2v) is 9.26. The Morgan fingerprint density at radius 2 is 1.06 bits per heavy atom. The second-order valence-electron chi connectivity index (χ2n) is 9.26. The Labute approximate surface area is 206 Å². The maximum atomic E-state index is 11.0. The van der Waals surface area contributed by atoms with E-state index in [1.807, 2.05) is 88.9 Å². The molecule has 0 amide bonds. The van der Waals surface area contributed by atoms with Crippen molar-refractivity contribution in [3.63, 3.8) is 0 Å². The molecule has 0 bridgehead atoms. The van der Waals surface area contributed by atoms with Crippen LogP contribution in [0.2, 0.25) is 0 Å². The number of aryl methyl sites for hydroxylation is 6.